The minimum Gasteiger partial charge on any atom is -0.479 e. The number of carbonyl (C=O) groups is 1. The largest absolute Gasteiger partial charge is 0.479 e. The number of hydrogen-bond donors (Lipinski definition) is 1. The van der Waals surface area contributed by atoms with Gasteiger partial charge in [-0.25, -0.2) is 4.79 Å². The molecule has 1 fully saturated rings. The van der Waals surface area contributed by atoms with Gasteiger partial charge in [-0.15, -0.1) is 0 Å². The molecule has 1 N–H and O–H groups in total. The van der Waals surface area contributed by atoms with Gasteiger partial charge in [-0.2, -0.15) is 0 Å². The van der Waals surface area contributed by atoms with Crippen LogP contribution in [0, 0.1) is 0 Å². The smallest absolute Gasteiger partial charge is 0.335 e. The minimum atomic E-state index is -1.77. The second kappa shape index (κ2) is 3.47. The summed E-state index contributed by atoms with van der Waals surface area (Å²) in [5.74, 6) is -0.837. The maximum atomic E-state index is 10.7. The second-order valence-corrected chi connectivity index (χ2v) is 8.99. The Kier molecular flexibility index (Phi) is 2.40. The molecule has 0 bridgehead atoms. The first-order valence-corrected chi connectivity index (χ1v) is 8.05. The molecule has 0 spiro atoms. The molecule has 4 heteroatoms. The van der Waals surface area contributed by atoms with E-state index in [1.807, 2.05) is 18.2 Å². The third-order valence-corrected chi connectivity index (χ3v) is 6.65. The van der Waals surface area contributed by atoms with Crippen LogP contribution >= 0.6 is 0 Å². The second-order valence-electron chi connectivity index (χ2n) is 4.40. The van der Waals surface area contributed by atoms with Crippen molar-refractivity contribution in [1.82, 2.24) is 0 Å². The van der Waals surface area contributed by atoms with Crippen LogP contribution in [0.5, 0.6) is 0 Å². The first kappa shape index (κ1) is 10.4. The third kappa shape index (κ3) is 1.82. The van der Waals surface area contributed by atoms with Crippen LogP contribution in [0.2, 0.25) is 13.1 Å². The minimum absolute atomic E-state index is 0.0719. The molecular weight excluding hydrogens is 208 g/mol. The van der Waals surface area contributed by atoms with E-state index in [0.29, 0.717) is 0 Å². The molecule has 1 saturated heterocycles. The summed E-state index contributed by atoms with van der Waals surface area (Å²) in [4.78, 5) is 10.7. The van der Waals surface area contributed by atoms with Crippen LogP contribution in [0.3, 0.4) is 0 Å². The SMILES string of the molecule is C[Si](C)(c1ccccc1)[C@H]1O[C@@H]1C(=O)O. The normalized spacial score (nSPS) is 24.9. The fourth-order valence-corrected chi connectivity index (χ4v) is 4.65. The summed E-state index contributed by atoms with van der Waals surface area (Å²) in [7, 11) is -1.77. The van der Waals surface area contributed by atoms with Gasteiger partial charge in [-0.05, 0) is 0 Å². The zero-order chi connectivity index (χ0) is 11.1. The van der Waals surface area contributed by atoms with Gasteiger partial charge in [-0.1, -0.05) is 48.6 Å². The zero-order valence-electron chi connectivity index (χ0n) is 8.81. The van der Waals surface area contributed by atoms with Crippen molar-refractivity contribution < 1.29 is 14.6 Å². The first-order valence-electron chi connectivity index (χ1n) is 4.97. The van der Waals surface area contributed by atoms with E-state index in [2.05, 4.69) is 25.2 Å². The average molecular weight is 222 g/mol. The van der Waals surface area contributed by atoms with E-state index in [9.17, 15) is 4.79 Å². The maximum Gasteiger partial charge on any atom is 0.335 e. The monoisotopic (exact) mass is 222 g/mol. The van der Waals surface area contributed by atoms with Gasteiger partial charge in [0.25, 0.3) is 0 Å². The molecule has 2 atom stereocenters. The van der Waals surface area contributed by atoms with E-state index in [1.54, 1.807) is 0 Å². The van der Waals surface area contributed by atoms with Crippen molar-refractivity contribution in [2.75, 3.05) is 0 Å². The lowest BCUT2D eigenvalue weighted by Gasteiger charge is -2.19. The topological polar surface area (TPSA) is 49.8 Å². The molecule has 80 valence electrons. The standard InChI is InChI=1S/C11H14O3Si/c1-15(2,8-6-4-3-5-7-8)11-9(14-11)10(12)13/h3-7,9,11H,1-2H3,(H,12,13)/t9-,11-/m1/s1. The van der Waals surface area contributed by atoms with Crippen LogP contribution in [-0.4, -0.2) is 31.0 Å². The quantitative estimate of drug-likeness (QED) is 0.613. The van der Waals surface area contributed by atoms with Gasteiger partial charge in [0.15, 0.2) is 6.10 Å². The van der Waals surface area contributed by atoms with Gasteiger partial charge < -0.3 is 9.84 Å². The Hall–Kier alpha value is -1.13. The van der Waals surface area contributed by atoms with E-state index >= 15 is 0 Å². The number of aliphatic carboxylic acids is 1. The summed E-state index contributed by atoms with van der Waals surface area (Å²) >= 11 is 0. The van der Waals surface area contributed by atoms with Crippen LogP contribution in [-0.2, 0) is 9.53 Å². The molecule has 0 aromatic heterocycles. The van der Waals surface area contributed by atoms with E-state index in [-0.39, 0.29) is 5.73 Å². The van der Waals surface area contributed by atoms with E-state index in [4.69, 9.17) is 9.84 Å². The lowest BCUT2D eigenvalue weighted by molar-refractivity contribution is -0.138. The Labute approximate surface area is 89.7 Å². The highest BCUT2D eigenvalue weighted by Crippen LogP contribution is 2.31. The lowest BCUT2D eigenvalue weighted by Crippen LogP contribution is -2.48. The van der Waals surface area contributed by atoms with Crippen molar-refractivity contribution in [2.24, 2.45) is 0 Å². The molecule has 1 aromatic rings. The Bertz CT molecular complexity index is 375. The van der Waals surface area contributed by atoms with Crippen LogP contribution < -0.4 is 5.19 Å². The third-order valence-electron chi connectivity index (χ3n) is 2.96. The van der Waals surface area contributed by atoms with Crippen molar-refractivity contribution in [3.8, 4) is 0 Å². The summed E-state index contributed by atoms with van der Waals surface area (Å²) in [6, 6.07) is 10.1. The molecule has 0 unspecified atom stereocenters. The number of carboxylic acid groups (broad SMARTS) is 1. The highest BCUT2D eigenvalue weighted by atomic mass is 28.3. The van der Waals surface area contributed by atoms with Crippen molar-refractivity contribution >= 4 is 19.2 Å². The van der Waals surface area contributed by atoms with Gasteiger partial charge >= 0.3 is 5.97 Å². The summed E-state index contributed by atoms with van der Waals surface area (Å²) in [6.45, 7) is 4.30. The van der Waals surface area contributed by atoms with Crippen LogP contribution in [0.25, 0.3) is 0 Å². The first-order chi connectivity index (χ1) is 7.03. The zero-order valence-corrected chi connectivity index (χ0v) is 9.81. The summed E-state index contributed by atoms with van der Waals surface area (Å²) in [6.07, 6.45) is -0.577. The maximum absolute atomic E-state index is 10.7. The molecule has 1 aliphatic heterocycles. The van der Waals surface area contributed by atoms with Gasteiger partial charge in [0.05, 0.1) is 5.73 Å². The Morgan fingerprint density at radius 1 is 1.33 bits per heavy atom. The van der Waals surface area contributed by atoms with Gasteiger partial charge in [0.2, 0.25) is 0 Å². The molecular formula is C11H14O3Si. The van der Waals surface area contributed by atoms with E-state index in [0.717, 1.165) is 0 Å². The molecule has 0 radical (unpaired) electrons. The Balaban J connectivity index is 2.19. The molecule has 3 nitrogen and oxygen atoms in total. The molecule has 1 heterocycles. The van der Waals surface area contributed by atoms with Gasteiger partial charge in [-0.3, -0.25) is 0 Å². The average Bonchev–Trinajstić information content (AvgIpc) is 2.99. The number of carboxylic acids is 1. The van der Waals surface area contributed by atoms with Crippen LogP contribution in [0.4, 0.5) is 0 Å². The van der Waals surface area contributed by atoms with E-state index in [1.165, 1.54) is 5.19 Å². The van der Waals surface area contributed by atoms with Gasteiger partial charge in [0.1, 0.15) is 8.07 Å². The predicted octanol–water partition coefficient (Wildman–Crippen LogP) is 0.993. The van der Waals surface area contributed by atoms with Gasteiger partial charge in [0, 0.05) is 0 Å². The number of hydrogen-bond acceptors (Lipinski definition) is 2. The number of epoxide rings is 1. The lowest BCUT2D eigenvalue weighted by atomic mass is 10.4. The summed E-state index contributed by atoms with van der Waals surface area (Å²) in [5.41, 5.74) is -0.0719. The molecule has 1 aliphatic rings. The molecule has 0 saturated carbocycles. The van der Waals surface area contributed by atoms with Crippen molar-refractivity contribution in [1.29, 1.82) is 0 Å². The molecule has 15 heavy (non-hydrogen) atoms. The number of ether oxygens (including phenoxy) is 1. The fourth-order valence-electron chi connectivity index (χ4n) is 1.88. The molecule has 1 aromatic carbocycles. The van der Waals surface area contributed by atoms with Crippen molar-refractivity contribution in [3.05, 3.63) is 30.3 Å². The molecule has 0 amide bonds. The number of rotatable bonds is 3. The summed E-state index contributed by atoms with van der Waals surface area (Å²) in [5, 5.41) is 10.1. The van der Waals surface area contributed by atoms with Crippen LogP contribution in [0.15, 0.2) is 30.3 Å². The van der Waals surface area contributed by atoms with Crippen LogP contribution in [0.1, 0.15) is 0 Å². The fraction of sp³-hybridized carbons (Fsp3) is 0.364. The summed E-state index contributed by atoms with van der Waals surface area (Å²) < 4.78 is 5.26. The molecule has 2 rings (SSSR count). The Morgan fingerprint density at radius 2 is 1.93 bits per heavy atom. The number of benzene rings is 1. The van der Waals surface area contributed by atoms with Crippen molar-refractivity contribution in [2.45, 2.75) is 24.9 Å². The molecule has 0 aliphatic carbocycles. The predicted molar refractivity (Wildman–Crippen MR) is 59.9 cm³/mol. The highest BCUT2D eigenvalue weighted by Gasteiger charge is 2.55. The Morgan fingerprint density at radius 3 is 2.40 bits per heavy atom. The highest BCUT2D eigenvalue weighted by molar-refractivity contribution is 6.91. The van der Waals surface area contributed by atoms with Crippen molar-refractivity contribution in [3.63, 3.8) is 0 Å². The van der Waals surface area contributed by atoms with E-state index < -0.39 is 20.1 Å².